The highest BCUT2D eigenvalue weighted by Gasteiger charge is 2.51. The first-order valence-electron chi connectivity index (χ1n) is 7.93. The molecule has 1 aromatic rings. The van der Waals surface area contributed by atoms with Gasteiger partial charge in [0.1, 0.15) is 4.60 Å². The second kappa shape index (κ2) is 5.89. The highest BCUT2D eigenvalue weighted by molar-refractivity contribution is 9.10. The summed E-state index contributed by atoms with van der Waals surface area (Å²) in [4.78, 5) is 4.58. The van der Waals surface area contributed by atoms with Gasteiger partial charge < -0.3 is 14.0 Å². The second-order valence-electron chi connectivity index (χ2n) is 7.09. The number of pyridine rings is 1. The number of halogens is 1. The van der Waals surface area contributed by atoms with Crippen molar-refractivity contribution in [1.82, 2.24) is 4.98 Å². The van der Waals surface area contributed by atoms with Gasteiger partial charge in [0.2, 0.25) is 0 Å². The number of rotatable bonds is 2. The Morgan fingerprint density at radius 2 is 1.82 bits per heavy atom. The molecule has 0 radical (unpaired) electrons. The molecule has 0 bridgehead atoms. The van der Waals surface area contributed by atoms with E-state index in [1.54, 1.807) is 0 Å². The average Bonchev–Trinajstić information content (AvgIpc) is 2.68. The Morgan fingerprint density at radius 3 is 2.41 bits per heavy atom. The van der Waals surface area contributed by atoms with Crippen molar-refractivity contribution in [3.8, 4) is 0 Å². The van der Waals surface area contributed by atoms with Crippen LogP contribution in [0.25, 0.3) is 0 Å². The van der Waals surface area contributed by atoms with E-state index in [2.05, 4.69) is 54.7 Å². The van der Waals surface area contributed by atoms with Gasteiger partial charge in [-0.1, -0.05) is 0 Å². The minimum absolute atomic E-state index is 0.0763. The first-order chi connectivity index (χ1) is 10.3. The van der Waals surface area contributed by atoms with Gasteiger partial charge in [-0.15, -0.1) is 0 Å². The van der Waals surface area contributed by atoms with Crippen molar-refractivity contribution in [3.05, 3.63) is 22.4 Å². The molecule has 0 N–H and O–H groups in total. The minimum atomic E-state index is -0.369. The van der Waals surface area contributed by atoms with Crippen LogP contribution in [-0.2, 0) is 14.0 Å². The zero-order valence-corrected chi connectivity index (χ0v) is 15.3. The van der Waals surface area contributed by atoms with Crippen LogP contribution in [0.15, 0.2) is 16.7 Å². The molecule has 3 heterocycles. The van der Waals surface area contributed by atoms with Gasteiger partial charge in [-0.25, -0.2) is 4.98 Å². The summed E-state index contributed by atoms with van der Waals surface area (Å²) in [5.41, 5.74) is 1.27. The molecule has 6 heteroatoms. The zero-order valence-electron chi connectivity index (χ0n) is 13.7. The van der Waals surface area contributed by atoms with Crippen molar-refractivity contribution >= 4 is 28.5 Å². The summed E-state index contributed by atoms with van der Waals surface area (Å²) < 4.78 is 18.9. The Morgan fingerprint density at radius 1 is 1.14 bits per heavy atom. The second-order valence-corrected chi connectivity index (χ2v) is 7.90. The number of hydrogen-bond donors (Lipinski definition) is 0. The zero-order chi connectivity index (χ0) is 16.0. The highest BCUT2D eigenvalue weighted by atomic mass is 79.9. The first-order valence-corrected chi connectivity index (χ1v) is 8.72. The average molecular weight is 368 g/mol. The van der Waals surface area contributed by atoms with Crippen LogP contribution in [0.1, 0.15) is 58.8 Å². The monoisotopic (exact) mass is 367 g/mol. The molecule has 4 nitrogen and oxygen atoms in total. The molecule has 0 amide bonds. The van der Waals surface area contributed by atoms with Crippen molar-refractivity contribution in [2.75, 3.05) is 6.61 Å². The summed E-state index contributed by atoms with van der Waals surface area (Å²) in [5.74, 6) is 0. The topological polar surface area (TPSA) is 40.6 Å². The molecule has 2 aliphatic heterocycles. The fourth-order valence-electron chi connectivity index (χ4n) is 2.79. The van der Waals surface area contributed by atoms with E-state index in [1.165, 1.54) is 6.42 Å². The third kappa shape index (κ3) is 3.11. The largest absolute Gasteiger partial charge is 0.494 e. The van der Waals surface area contributed by atoms with Gasteiger partial charge in [0.25, 0.3) is 0 Å². The quantitative estimate of drug-likeness (QED) is 0.593. The normalized spacial score (nSPS) is 27.1. The van der Waals surface area contributed by atoms with Crippen molar-refractivity contribution < 1.29 is 14.0 Å². The fourth-order valence-corrected chi connectivity index (χ4v) is 3.26. The summed E-state index contributed by atoms with van der Waals surface area (Å²) in [6.45, 7) is 9.07. The van der Waals surface area contributed by atoms with Gasteiger partial charge >= 0.3 is 7.12 Å². The van der Waals surface area contributed by atoms with Crippen LogP contribution in [0.5, 0.6) is 0 Å². The van der Waals surface area contributed by atoms with Crippen LogP contribution in [0.4, 0.5) is 0 Å². The maximum atomic E-state index is 6.14. The van der Waals surface area contributed by atoms with Gasteiger partial charge in [-0.2, -0.15) is 0 Å². The molecular formula is C16H23BBrNO3. The molecule has 0 aliphatic carbocycles. The van der Waals surface area contributed by atoms with Crippen LogP contribution < -0.4 is 5.46 Å². The highest BCUT2D eigenvalue weighted by Crippen LogP contribution is 2.37. The lowest BCUT2D eigenvalue weighted by molar-refractivity contribution is 0.00578. The molecule has 1 aromatic heterocycles. The van der Waals surface area contributed by atoms with Crippen molar-refractivity contribution in [3.63, 3.8) is 0 Å². The molecule has 1 atom stereocenters. The standard InChI is InChI=1S/C16H23BBrNO3/c1-15(2)16(3,4)22-17(21-15)11-9-12(19-14(18)10-11)13-7-5-6-8-20-13/h9-10,13H,5-8H2,1-4H3. The van der Waals surface area contributed by atoms with Crippen molar-refractivity contribution in [2.24, 2.45) is 0 Å². The predicted molar refractivity (Wildman–Crippen MR) is 90.2 cm³/mol. The van der Waals surface area contributed by atoms with E-state index < -0.39 is 0 Å². The molecule has 0 saturated carbocycles. The Balaban J connectivity index is 1.87. The van der Waals surface area contributed by atoms with Crippen LogP contribution in [0, 0.1) is 0 Å². The van der Waals surface area contributed by atoms with Gasteiger partial charge in [-0.05, 0) is 80.5 Å². The molecule has 3 rings (SSSR count). The Labute approximate surface area is 141 Å². The lowest BCUT2D eigenvalue weighted by atomic mass is 9.79. The summed E-state index contributed by atoms with van der Waals surface area (Å²) in [6.07, 6.45) is 3.42. The van der Waals surface area contributed by atoms with Crippen molar-refractivity contribution in [1.29, 1.82) is 0 Å². The molecule has 120 valence electrons. The van der Waals surface area contributed by atoms with Crippen LogP contribution in [0.3, 0.4) is 0 Å². The van der Waals surface area contributed by atoms with Crippen molar-refractivity contribution in [2.45, 2.75) is 64.3 Å². The SMILES string of the molecule is CC1(C)OB(c2cc(Br)nc(C3CCCCO3)c2)OC1(C)C. The number of ether oxygens (including phenoxy) is 1. The Kier molecular flexibility index (Phi) is 4.40. The molecule has 0 aromatic carbocycles. The third-order valence-corrected chi connectivity index (χ3v) is 5.28. The third-order valence-electron chi connectivity index (χ3n) is 4.87. The molecule has 1 unspecified atom stereocenters. The van der Waals surface area contributed by atoms with Gasteiger partial charge in [-0.3, -0.25) is 0 Å². The molecule has 0 spiro atoms. The Hall–Kier alpha value is -0.425. The maximum absolute atomic E-state index is 6.14. The van der Waals surface area contributed by atoms with Crippen LogP contribution >= 0.6 is 15.9 Å². The lowest BCUT2D eigenvalue weighted by Crippen LogP contribution is -2.41. The van der Waals surface area contributed by atoms with E-state index in [9.17, 15) is 0 Å². The summed E-state index contributed by atoms with van der Waals surface area (Å²) >= 11 is 3.51. The molecule has 22 heavy (non-hydrogen) atoms. The maximum Gasteiger partial charge on any atom is 0.494 e. The Bertz CT molecular complexity index is 542. The van der Waals surface area contributed by atoms with Crippen LogP contribution in [0.2, 0.25) is 0 Å². The number of hydrogen-bond acceptors (Lipinski definition) is 4. The van der Waals surface area contributed by atoms with E-state index in [0.717, 1.165) is 35.2 Å². The van der Waals surface area contributed by atoms with E-state index in [0.29, 0.717) is 0 Å². The minimum Gasteiger partial charge on any atom is -0.399 e. The van der Waals surface area contributed by atoms with E-state index >= 15 is 0 Å². The molecular weight excluding hydrogens is 345 g/mol. The summed E-state index contributed by atoms with van der Waals surface area (Å²) in [7, 11) is -0.369. The van der Waals surface area contributed by atoms with E-state index in [4.69, 9.17) is 14.0 Å². The van der Waals surface area contributed by atoms with Gasteiger partial charge in [0, 0.05) is 6.61 Å². The first kappa shape index (κ1) is 16.4. The molecule has 2 saturated heterocycles. The van der Waals surface area contributed by atoms with Crippen LogP contribution in [-0.4, -0.2) is 29.9 Å². The summed E-state index contributed by atoms with van der Waals surface area (Å²) in [6, 6.07) is 4.03. The van der Waals surface area contributed by atoms with Gasteiger partial charge in [0.05, 0.1) is 23.0 Å². The van der Waals surface area contributed by atoms with E-state index in [1.807, 2.05) is 6.07 Å². The summed E-state index contributed by atoms with van der Waals surface area (Å²) in [5, 5.41) is 0. The van der Waals surface area contributed by atoms with Gasteiger partial charge in [0.15, 0.2) is 0 Å². The lowest BCUT2D eigenvalue weighted by Gasteiger charge is -2.32. The molecule has 2 fully saturated rings. The smallest absolute Gasteiger partial charge is 0.399 e. The number of aromatic nitrogens is 1. The van der Waals surface area contributed by atoms with E-state index in [-0.39, 0.29) is 24.4 Å². The molecule has 2 aliphatic rings. The number of nitrogens with zero attached hydrogens (tertiary/aromatic N) is 1. The fraction of sp³-hybridized carbons (Fsp3) is 0.688. The predicted octanol–water partition coefficient (Wildman–Crippen LogP) is 3.38.